The van der Waals surface area contributed by atoms with Gasteiger partial charge in [-0.15, -0.1) is 0 Å². The quantitative estimate of drug-likeness (QED) is 0.536. The number of hydrogen-bond acceptors (Lipinski definition) is 3. The summed E-state index contributed by atoms with van der Waals surface area (Å²) in [7, 11) is 1.34. The minimum atomic E-state index is -0.399. The summed E-state index contributed by atoms with van der Waals surface area (Å²) in [5.74, 6) is -0.106. The number of halogens is 1. The third-order valence-electron chi connectivity index (χ3n) is 1.95. The second kappa shape index (κ2) is 6.27. The average molecular weight is 232 g/mol. The Morgan fingerprint density at radius 3 is 2.47 bits per heavy atom. The molecule has 0 heterocycles. The van der Waals surface area contributed by atoms with Crippen LogP contribution in [0.1, 0.15) is 5.56 Å². The van der Waals surface area contributed by atoms with E-state index in [9.17, 15) is 4.79 Å². The molecule has 0 aliphatic rings. The Kier molecular flexibility index (Phi) is 5.74. The first kappa shape index (κ1) is 13.7. The van der Waals surface area contributed by atoms with Gasteiger partial charge in [0.1, 0.15) is 5.75 Å². The topological polar surface area (TPSA) is 74.2 Å². The molecule has 84 valence electrons. The zero-order valence-electron chi connectivity index (χ0n) is 8.44. The molecule has 0 aliphatic carbocycles. The van der Waals surface area contributed by atoms with E-state index in [1.54, 1.807) is 24.3 Å². The van der Waals surface area contributed by atoms with Gasteiger partial charge in [-0.1, -0.05) is 12.1 Å². The summed E-state index contributed by atoms with van der Waals surface area (Å²) in [6.07, 6.45) is 0.521. The number of methoxy groups -OCH3 is 1. The van der Waals surface area contributed by atoms with Gasteiger partial charge in [0.05, 0.1) is 7.11 Å². The number of esters is 1. The Morgan fingerprint density at radius 2 is 2.00 bits per heavy atom. The Hall–Kier alpha value is -1.26. The van der Waals surface area contributed by atoms with Crippen LogP contribution in [0.3, 0.4) is 0 Å². The van der Waals surface area contributed by atoms with Gasteiger partial charge in [-0.25, -0.2) is 4.79 Å². The number of phenols is 1. The lowest BCUT2D eigenvalue weighted by Gasteiger charge is -2.05. The second-order valence-electron chi connectivity index (χ2n) is 3.09. The predicted molar refractivity (Wildman–Crippen MR) is 50.5 cm³/mol. The Morgan fingerprint density at radius 1 is 1.47 bits per heavy atom. The number of carbonyl (C=O) groups excluding carboxylic acids is 1. The molecule has 1 aromatic carbocycles. The van der Waals surface area contributed by atoms with Crippen molar-refractivity contribution in [1.29, 1.82) is 0 Å². The van der Waals surface area contributed by atoms with E-state index < -0.39 is 6.04 Å². The van der Waals surface area contributed by atoms with Gasteiger partial charge in [-0.05, 0) is 17.7 Å². The highest BCUT2D eigenvalue weighted by Gasteiger charge is 2.17. The summed E-state index contributed by atoms with van der Waals surface area (Å²) < 4.78 is 4.56. The van der Waals surface area contributed by atoms with Gasteiger partial charge in [0, 0.05) is 6.42 Å². The molecule has 0 bridgehead atoms. The molecule has 0 amide bonds. The van der Waals surface area contributed by atoms with Gasteiger partial charge in [0.2, 0.25) is 0 Å². The van der Waals surface area contributed by atoms with Crippen molar-refractivity contribution in [2.45, 2.75) is 12.5 Å². The number of aromatic hydroxyl groups is 1. The maximum Gasteiger partial charge on any atom is 0.364 e. The largest absolute Gasteiger partial charge is 1.00 e. The summed E-state index contributed by atoms with van der Waals surface area (Å²) in [5.41, 5.74) is 4.64. The van der Waals surface area contributed by atoms with Crippen LogP contribution in [0, 0.1) is 0 Å². The third-order valence-corrected chi connectivity index (χ3v) is 1.95. The molecule has 1 unspecified atom stereocenters. The van der Waals surface area contributed by atoms with E-state index in [1.165, 1.54) is 7.11 Å². The molecular weight excluding hydrogens is 218 g/mol. The van der Waals surface area contributed by atoms with E-state index >= 15 is 0 Å². The molecule has 0 aliphatic heterocycles. The molecule has 15 heavy (non-hydrogen) atoms. The highest BCUT2D eigenvalue weighted by Crippen LogP contribution is 2.10. The van der Waals surface area contributed by atoms with Crippen LogP contribution in [0.2, 0.25) is 0 Å². The number of phenolic OH excluding ortho intramolecular Hbond substituents is 1. The fourth-order valence-electron chi connectivity index (χ4n) is 1.17. The van der Waals surface area contributed by atoms with Gasteiger partial charge < -0.3 is 28.0 Å². The Bertz CT molecular complexity index is 313. The molecule has 5 heteroatoms. The van der Waals surface area contributed by atoms with Crippen LogP contribution in [0.5, 0.6) is 5.75 Å². The minimum absolute atomic E-state index is 0. The highest BCUT2D eigenvalue weighted by atomic mass is 35.5. The van der Waals surface area contributed by atoms with Crippen molar-refractivity contribution in [2.24, 2.45) is 0 Å². The molecule has 0 fully saturated rings. The zero-order valence-corrected chi connectivity index (χ0v) is 9.20. The van der Waals surface area contributed by atoms with Gasteiger partial charge in [-0.2, -0.15) is 0 Å². The van der Waals surface area contributed by atoms with Crippen molar-refractivity contribution in [3.63, 3.8) is 0 Å². The van der Waals surface area contributed by atoms with Crippen LogP contribution in [0.15, 0.2) is 24.3 Å². The summed E-state index contributed by atoms with van der Waals surface area (Å²) in [5, 5.41) is 9.04. The number of hydrogen-bond donors (Lipinski definition) is 2. The fourth-order valence-corrected chi connectivity index (χ4v) is 1.17. The SMILES string of the molecule is COC(=O)C([NH3+])Cc1ccc(O)cc1.[Cl-]. The number of carbonyl (C=O) groups is 1. The lowest BCUT2D eigenvalue weighted by molar-refractivity contribution is -0.407. The molecule has 0 saturated carbocycles. The Balaban J connectivity index is 0.00000196. The molecule has 1 atom stereocenters. The summed E-state index contributed by atoms with van der Waals surface area (Å²) in [4.78, 5) is 11.0. The first-order valence-corrected chi connectivity index (χ1v) is 4.32. The normalized spacial score (nSPS) is 11.3. The van der Waals surface area contributed by atoms with Gasteiger partial charge in [-0.3, -0.25) is 0 Å². The standard InChI is InChI=1S/C10H13NO3.ClH/c1-14-10(13)9(11)6-7-2-4-8(12)5-3-7;/h2-5,9,12H,6,11H2,1H3;1H. The van der Waals surface area contributed by atoms with Crippen molar-refractivity contribution in [3.8, 4) is 5.75 Å². The lowest BCUT2D eigenvalue weighted by atomic mass is 10.1. The number of rotatable bonds is 3. The van der Waals surface area contributed by atoms with Crippen LogP contribution in [-0.2, 0) is 16.0 Å². The van der Waals surface area contributed by atoms with Crippen LogP contribution in [0.25, 0.3) is 0 Å². The van der Waals surface area contributed by atoms with Crippen molar-refractivity contribution >= 4 is 5.97 Å². The molecule has 4 N–H and O–H groups in total. The molecule has 0 saturated heterocycles. The molecule has 4 nitrogen and oxygen atoms in total. The molecule has 0 radical (unpaired) electrons. The zero-order chi connectivity index (χ0) is 10.6. The first-order valence-electron chi connectivity index (χ1n) is 4.32. The molecule has 0 spiro atoms. The van der Waals surface area contributed by atoms with E-state index in [-0.39, 0.29) is 24.1 Å². The first-order chi connectivity index (χ1) is 6.63. The van der Waals surface area contributed by atoms with E-state index in [0.29, 0.717) is 6.42 Å². The minimum Gasteiger partial charge on any atom is -1.00 e. The number of benzene rings is 1. The van der Waals surface area contributed by atoms with E-state index in [0.717, 1.165) is 5.56 Å². The fraction of sp³-hybridized carbons (Fsp3) is 0.300. The van der Waals surface area contributed by atoms with E-state index in [2.05, 4.69) is 10.5 Å². The number of ether oxygens (including phenoxy) is 1. The second-order valence-corrected chi connectivity index (χ2v) is 3.09. The van der Waals surface area contributed by atoms with Crippen LogP contribution >= 0.6 is 0 Å². The third kappa shape index (κ3) is 4.18. The molecule has 1 aromatic rings. The average Bonchev–Trinajstić information content (AvgIpc) is 2.20. The van der Waals surface area contributed by atoms with Crippen molar-refractivity contribution in [1.82, 2.24) is 0 Å². The maximum absolute atomic E-state index is 11.0. The van der Waals surface area contributed by atoms with Gasteiger partial charge in [0.25, 0.3) is 0 Å². The summed E-state index contributed by atoms with van der Waals surface area (Å²) in [6.45, 7) is 0. The summed E-state index contributed by atoms with van der Waals surface area (Å²) in [6, 6.07) is 6.29. The van der Waals surface area contributed by atoms with Crippen molar-refractivity contribution in [2.75, 3.05) is 7.11 Å². The van der Waals surface area contributed by atoms with Gasteiger partial charge >= 0.3 is 5.97 Å². The van der Waals surface area contributed by atoms with Crippen molar-refractivity contribution < 1.29 is 32.8 Å². The smallest absolute Gasteiger partial charge is 0.364 e. The van der Waals surface area contributed by atoms with Gasteiger partial charge in [0.15, 0.2) is 6.04 Å². The lowest BCUT2D eigenvalue weighted by Crippen LogP contribution is -3.00. The summed E-state index contributed by atoms with van der Waals surface area (Å²) >= 11 is 0. The van der Waals surface area contributed by atoms with Crippen LogP contribution in [0.4, 0.5) is 0 Å². The van der Waals surface area contributed by atoms with Crippen LogP contribution in [-0.4, -0.2) is 24.2 Å². The van der Waals surface area contributed by atoms with Crippen molar-refractivity contribution in [3.05, 3.63) is 29.8 Å². The Labute approximate surface area is 94.5 Å². The number of quaternary nitrogens is 1. The van der Waals surface area contributed by atoms with E-state index in [1.807, 2.05) is 0 Å². The maximum atomic E-state index is 11.0. The predicted octanol–water partition coefficient (Wildman–Crippen LogP) is -3.28. The molecular formula is C10H14ClNO3. The highest BCUT2D eigenvalue weighted by molar-refractivity contribution is 5.74. The monoisotopic (exact) mass is 231 g/mol. The molecule has 1 rings (SSSR count). The van der Waals surface area contributed by atoms with E-state index in [4.69, 9.17) is 5.11 Å². The van der Waals surface area contributed by atoms with Crippen LogP contribution < -0.4 is 18.1 Å². The molecule has 0 aromatic heterocycles.